The summed E-state index contributed by atoms with van der Waals surface area (Å²) < 4.78 is 9.05. The van der Waals surface area contributed by atoms with Crippen LogP contribution in [0.5, 0.6) is 0 Å². The number of carbonyl (C=O) groups is 5. The minimum atomic E-state index is -1.58. The van der Waals surface area contributed by atoms with Crippen molar-refractivity contribution in [3.05, 3.63) is 0 Å². The molecule has 0 rings (SSSR count). The molecule has 0 aliphatic carbocycles. The summed E-state index contributed by atoms with van der Waals surface area (Å²) in [7, 11) is 2.09. The van der Waals surface area contributed by atoms with E-state index in [2.05, 4.69) is 20.1 Å². The first-order valence-corrected chi connectivity index (χ1v) is 7.93. The van der Waals surface area contributed by atoms with Crippen LogP contribution in [0.15, 0.2) is 0 Å². The Morgan fingerprint density at radius 1 is 0.846 bits per heavy atom. The van der Waals surface area contributed by atoms with E-state index in [-0.39, 0.29) is 5.92 Å². The first-order valence-electron chi connectivity index (χ1n) is 7.93. The minimum Gasteiger partial charge on any atom is -0.480 e. The van der Waals surface area contributed by atoms with Crippen LogP contribution in [0.25, 0.3) is 0 Å². The van der Waals surface area contributed by atoms with Crippen molar-refractivity contribution in [3.63, 3.8) is 0 Å². The number of carboxylic acid groups (broad SMARTS) is 1. The zero-order valence-corrected chi connectivity index (χ0v) is 15.7. The van der Waals surface area contributed by atoms with Crippen LogP contribution in [0.4, 0.5) is 0 Å². The normalized spacial score (nSPS) is 14.2. The average Bonchev–Trinajstić information content (AvgIpc) is 2.55. The molecule has 3 N–H and O–H groups in total. The molecule has 0 spiro atoms. The third-order valence-corrected chi connectivity index (χ3v) is 3.83. The maximum Gasteiger partial charge on any atom is 0.326 e. The van der Waals surface area contributed by atoms with Gasteiger partial charge >= 0.3 is 17.9 Å². The standard InChI is InChI=1S/C16H26N2O8/c1-7(2)11(17-9(4)19)13(20)18-12(14(21)22)8(3)10(15(23)25-5)16(24)26-6/h7-8,10-12H,1-6H3,(H,17,19)(H,18,20)(H,21,22)/t8-,11-,12+/m1/s1. The highest BCUT2D eigenvalue weighted by atomic mass is 16.5. The Bertz CT molecular complexity index is 544. The lowest BCUT2D eigenvalue weighted by molar-refractivity contribution is -0.163. The molecular weight excluding hydrogens is 348 g/mol. The van der Waals surface area contributed by atoms with Crippen LogP contribution in [-0.4, -0.2) is 61.1 Å². The van der Waals surface area contributed by atoms with Crippen LogP contribution in [0.1, 0.15) is 27.7 Å². The van der Waals surface area contributed by atoms with Crippen LogP contribution >= 0.6 is 0 Å². The average molecular weight is 374 g/mol. The van der Waals surface area contributed by atoms with Crippen LogP contribution < -0.4 is 10.6 Å². The fraction of sp³-hybridized carbons (Fsp3) is 0.688. The van der Waals surface area contributed by atoms with Gasteiger partial charge in [0.2, 0.25) is 11.8 Å². The Balaban J connectivity index is 5.59. The highest BCUT2D eigenvalue weighted by Crippen LogP contribution is 2.20. The third kappa shape index (κ3) is 6.34. The summed E-state index contributed by atoms with van der Waals surface area (Å²) in [5.74, 6) is -7.64. The maximum atomic E-state index is 12.4. The van der Waals surface area contributed by atoms with Crippen LogP contribution in [0, 0.1) is 17.8 Å². The zero-order valence-electron chi connectivity index (χ0n) is 15.7. The van der Waals surface area contributed by atoms with Gasteiger partial charge in [-0.25, -0.2) is 4.79 Å². The molecule has 3 atom stereocenters. The highest BCUT2D eigenvalue weighted by molar-refractivity contribution is 5.97. The van der Waals surface area contributed by atoms with Gasteiger partial charge in [0.1, 0.15) is 12.1 Å². The van der Waals surface area contributed by atoms with E-state index < -0.39 is 53.6 Å². The van der Waals surface area contributed by atoms with E-state index in [1.807, 2.05) is 0 Å². The van der Waals surface area contributed by atoms with E-state index in [0.717, 1.165) is 14.2 Å². The maximum absolute atomic E-state index is 12.4. The van der Waals surface area contributed by atoms with Gasteiger partial charge < -0.3 is 25.2 Å². The van der Waals surface area contributed by atoms with E-state index in [0.29, 0.717) is 0 Å². The van der Waals surface area contributed by atoms with Gasteiger partial charge in [-0.15, -0.1) is 0 Å². The van der Waals surface area contributed by atoms with Crippen molar-refractivity contribution < 1.29 is 38.6 Å². The molecule has 0 fully saturated rings. The van der Waals surface area contributed by atoms with E-state index in [1.54, 1.807) is 13.8 Å². The molecule has 0 saturated heterocycles. The van der Waals surface area contributed by atoms with Crippen LogP contribution in [-0.2, 0) is 33.4 Å². The summed E-state index contributed by atoms with van der Waals surface area (Å²) in [5.41, 5.74) is 0. The number of methoxy groups -OCH3 is 2. The molecule has 0 aromatic rings. The fourth-order valence-corrected chi connectivity index (χ4v) is 2.39. The number of rotatable bonds is 9. The van der Waals surface area contributed by atoms with Crippen molar-refractivity contribution in [2.24, 2.45) is 17.8 Å². The number of carboxylic acids is 1. The van der Waals surface area contributed by atoms with Gasteiger partial charge in [0, 0.05) is 12.8 Å². The van der Waals surface area contributed by atoms with Crippen LogP contribution in [0.3, 0.4) is 0 Å². The summed E-state index contributed by atoms with van der Waals surface area (Å²) in [4.78, 5) is 59.0. The SMILES string of the molecule is COC(=O)C(C(=O)OC)[C@@H](C)[C@H](NC(=O)[C@H](NC(C)=O)C(C)C)C(=O)O. The number of nitrogens with one attached hydrogen (secondary N) is 2. The topological polar surface area (TPSA) is 148 Å². The summed E-state index contributed by atoms with van der Waals surface area (Å²) in [6.45, 7) is 5.88. The minimum absolute atomic E-state index is 0.319. The molecule has 0 aliphatic heterocycles. The first-order chi connectivity index (χ1) is 12.0. The predicted octanol–water partition coefficient (Wildman–Crippen LogP) is -0.685. The molecule has 0 heterocycles. The van der Waals surface area contributed by atoms with Crippen molar-refractivity contribution in [2.75, 3.05) is 14.2 Å². The monoisotopic (exact) mass is 374 g/mol. The molecule has 2 amide bonds. The van der Waals surface area contributed by atoms with Gasteiger partial charge in [-0.3, -0.25) is 19.2 Å². The third-order valence-electron chi connectivity index (χ3n) is 3.83. The van der Waals surface area contributed by atoms with E-state index in [1.165, 1.54) is 13.8 Å². The van der Waals surface area contributed by atoms with E-state index in [4.69, 9.17) is 0 Å². The lowest BCUT2D eigenvalue weighted by atomic mass is 9.87. The molecule has 0 saturated carbocycles. The van der Waals surface area contributed by atoms with Gasteiger partial charge in [-0.2, -0.15) is 0 Å². The van der Waals surface area contributed by atoms with E-state index in [9.17, 15) is 29.1 Å². The predicted molar refractivity (Wildman–Crippen MR) is 88.7 cm³/mol. The Morgan fingerprint density at radius 3 is 1.62 bits per heavy atom. The fourth-order valence-electron chi connectivity index (χ4n) is 2.39. The lowest BCUT2D eigenvalue weighted by Gasteiger charge is -2.28. The second-order valence-corrected chi connectivity index (χ2v) is 6.13. The second-order valence-electron chi connectivity index (χ2n) is 6.13. The Morgan fingerprint density at radius 2 is 1.31 bits per heavy atom. The zero-order chi connectivity index (χ0) is 20.6. The van der Waals surface area contributed by atoms with Crippen molar-refractivity contribution in [1.82, 2.24) is 10.6 Å². The molecule has 26 heavy (non-hydrogen) atoms. The quantitative estimate of drug-likeness (QED) is 0.355. The summed E-state index contributed by atoms with van der Waals surface area (Å²) in [6.07, 6.45) is 0. The largest absolute Gasteiger partial charge is 0.480 e. The Kier molecular flexibility index (Phi) is 9.31. The Hall–Kier alpha value is -2.65. The second kappa shape index (κ2) is 10.4. The van der Waals surface area contributed by atoms with Gasteiger partial charge in [0.05, 0.1) is 14.2 Å². The smallest absolute Gasteiger partial charge is 0.326 e. The number of esters is 2. The van der Waals surface area contributed by atoms with Gasteiger partial charge in [-0.1, -0.05) is 20.8 Å². The highest BCUT2D eigenvalue weighted by Gasteiger charge is 2.42. The number of aliphatic carboxylic acids is 1. The van der Waals surface area contributed by atoms with Gasteiger partial charge in [-0.05, 0) is 5.92 Å². The van der Waals surface area contributed by atoms with Gasteiger partial charge in [0.15, 0.2) is 5.92 Å². The molecule has 0 radical (unpaired) electrons. The van der Waals surface area contributed by atoms with Crippen molar-refractivity contribution >= 4 is 29.7 Å². The van der Waals surface area contributed by atoms with Crippen molar-refractivity contribution in [3.8, 4) is 0 Å². The molecule has 0 aliphatic rings. The number of hydrogen-bond donors (Lipinski definition) is 3. The summed E-state index contributed by atoms with van der Waals surface area (Å²) >= 11 is 0. The number of hydrogen-bond acceptors (Lipinski definition) is 7. The molecule has 0 aromatic carbocycles. The van der Waals surface area contributed by atoms with Crippen LogP contribution in [0.2, 0.25) is 0 Å². The number of carbonyl (C=O) groups excluding carboxylic acids is 4. The number of amides is 2. The molecule has 0 bridgehead atoms. The van der Waals surface area contributed by atoms with Crippen molar-refractivity contribution in [1.29, 1.82) is 0 Å². The first kappa shape index (κ1) is 23.4. The molecule has 0 unspecified atom stereocenters. The molecular formula is C16H26N2O8. The summed E-state index contributed by atoms with van der Waals surface area (Å²) in [6, 6.07) is -2.56. The van der Waals surface area contributed by atoms with Gasteiger partial charge in [0.25, 0.3) is 0 Å². The molecule has 0 aromatic heterocycles. The van der Waals surface area contributed by atoms with E-state index >= 15 is 0 Å². The molecule has 10 nitrogen and oxygen atoms in total. The molecule has 10 heteroatoms. The Labute approximate surface area is 151 Å². The summed E-state index contributed by atoms with van der Waals surface area (Å²) in [5, 5.41) is 14.2. The molecule has 148 valence electrons. The number of ether oxygens (including phenoxy) is 2. The lowest BCUT2D eigenvalue weighted by Crippen LogP contribution is -2.56. The van der Waals surface area contributed by atoms with Crippen molar-refractivity contribution in [2.45, 2.75) is 39.8 Å².